The molecule has 0 spiro atoms. The highest BCUT2D eigenvalue weighted by molar-refractivity contribution is 6.10. The number of unbranched alkanes of at least 4 members (excludes halogenated alkanes) is 1. The van der Waals surface area contributed by atoms with E-state index in [4.69, 9.17) is 4.42 Å². The van der Waals surface area contributed by atoms with E-state index in [-0.39, 0.29) is 12.2 Å². The van der Waals surface area contributed by atoms with Crippen molar-refractivity contribution in [2.75, 3.05) is 11.4 Å². The second kappa shape index (κ2) is 6.01. The number of fused-ring (bicyclic) bond motifs is 1. The van der Waals surface area contributed by atoms with Crippen LogP contribution in [0.2, 0.25) is 0 Å². The summed E-state index contributed by atoms with van der Waals surface area (Å²) in [6.07, 6.45) is 2.85. The monoisotopic (exact) mass is 313 g/mol. The summed E-state index contributed by atoms with van der Waals surface area (Å²) >= 11 is 0. The van der Waals surface area contributed by atoms with Crippen LogP contribution < -0.4 is 4.90 Å². The highest BCUT2D eigenvalue weighted by Gasteiger charge is 2.50. The fourth-order valence-corrected chi connectivity index (χ4v) is 2.97. The van der Waals surface area contributed by atoms with Gasteiger partial charge in [0.25, 0.3) is 5.91 Å². The Kier molecular flexibility index (Phi) is 4.05. The van der Waals surface area contributed by atoms with Gasteiger partial charge in [-0.1, -0.05) is 31.5 Å². The number of aliphatic hydroxyl groups is 1. The van der Waals surface area contributed by atoms with Crippen molar-refractivity contribution in [2.45, 2.75) is 31.8 Å². The zero-order valence-corrected chi connectivity index (χ0v) is 13.0. The Hall–Kier alpha value is -2.40. The van der Waals surface area contributed by atoms with E-state index >= 15 is 0 Å². The molecule has 1 N–H and O–H groups in total. The third-order valence-corrected chi connectivity index (χ3v) is 4.19. The summed E-state index contributed by atoms with van der Waals surface area (Å²) in [6, 6.07) is 10.2. The number of furan rings is 1. The number of rotatable bonds is 6. The molecule has 0 bridgehead atoms. The summed E-state index contributed by atoms with van der Waals surface area (Å²) in [5.41, 5.74) is -0.657. The zero-order valence-electron chi connectivity index (χ0n) is 13.0. The largest absolute Gasteiger partial charge is 0.461 e. The van der Waals surface area contributed by atoms with E-state index < -0.39 is 17.3 Å². The number of carbonyl (C=O) groups is 2. The smallest absolute Gasteiger partial charge is 0.264 e. The van der Waals surface area contributed by atoms with Crippen molar-refractivity contribution in [3.63, 3.8) is 0 Å². The number of ketones is 1. The van der Waals surface area contributed by atoms with Crippen LogP contribution in [0.15, 0.2) is 47.1 Å². The van der Waals surface area contributed by atoms with Crippen LogP contribution in [-0.2, 0) is 10.4 Å². The third-order valence-electron chi connectivity index (χ3n) is 4.19. The van der Waals surface area contributed by atoms with Gasteiger partial charge in [-0.2, -0.15) is 0 Å². The van der Waals surface area contributed by atoms with Gasteiger partial charge in [0.2, 0.25) is 5.78 Å². The molecule has 2 heterocycles. The second-order valence-corrected chi connectivity index (χ2v) is 5.77. The Labute approximate surface area is 134 Å². The Morgan fingerprint density at radius 3 is 2.74 bits per heavy atom. The van der Waals surface area contributed by atoms with Crippen LogP contribution in [0.3, 0.4) is 0 Å². The van der Waals surface area contributed by atoms with Crippen molar-refractivity contribution >= 4 is 17.4 Å². The number of anilines is 1. The van der Waals surface area contributed by atoms with Crippen LogP contribution in [0.25, 0.3) is 0 Å². The van der Waals surface area contributed by atoms with E-state index in [9.17, 15) is 14.7 Å². The van der Waals surface area contributed by atoms with E-state index in [1.165, 1.54) is 12.3 Å². The quantitative estimate of drug-likeness (QED) is 0.832. The molecule has 1 aromatic heterocycles. The highest BCUT2D eigenvalue weighted by atomic mass is 16.3. The number of carbonyl (C=O) groups excluding carboxylic acids is 2. The van der Waals surface area contributed by atoms with E-state index in [2.05, 4.69) is 0 Å². The van der Waals surface area contributed by atoms with Gasteiger partial charge in [0.15, 0.2) is 11.4 Å². The van der Waals surface area contributed by atoms with Gasteiger partial charge in [-0.25, -0.2) is 0 Å². The van der Waals surface area contributed by atoms with Gasteiger partial charge in [0.05, 0.1) is 18.4 Å². The lowest BCUT2D eigenvalue weighted by molar-refractivity contribution is -0.135. The molecule has 0 saturated carbocycles. The molecule has 120 valence electrons. The van der Waals surface area contributed by atoms with Gasteiger partial charge in [-0.3, -0.25) is 9.59 Å². The van der Waals surface area contributed by atoms with Gasteiger partial charge < -0.3 is 14.4 Å². The Bertz CT molecular complexity index is 722. The number of nitrogens with zero attached hydrogens (tertiary/aromatic N) is 1. The summed E-state index contributed by atoms with van der Waals surface area (Å²) in [5, 5.41) is 11.0. The maximum Gasteiger partial charge on any atom is 0.264 e. The van der Waals surface area contributed by atoms with Crippen LogP contribution in [0.4, 0.5) is 5.69 Å². The molecule has 1 aliphatic rings. The van der Waals surface area contributed by atoms with Gasteiger partial charge in [-0.15, -0.1) is 0 Å². The predicted octanol–water partition coefficient (Wildman–Crippen LogP) is 2.89. The molecule has 5 nitrogen and oxygen atoms in total. The van der Waals surface area contributed by atoms with Crippen molar-refractivity contribution < 1.29 is 19.1 Å². The van der Waals surface area contributed by atoms with E-state index in [1.54, 1.807) is 29.2 Å². The summed E-state index contributed by atoms with van der Waals surface area (Å²) in [4.78, 5) is 26.7. The first-order valence-electron chi connectivity index (χ1n) is 7.78. The number of hydrogen-bond donors (Lipinski definition) is 1. The standard InChI is InChI=1S/C18H19NO4/c1-2-3-10-19-14-8-5-4-7-13(14)18(22,17(19)21)12-15(20)16-9-6-11-23-16/h4-9,11,22H,2-3,10,12H2,1H3. The summed E-state index contributed by atoms with van der Waals surface area (Å²) in [6.45, 7) is 2.57. The minimum absolute atomic E-state index is 0.149. The van der Waals surface area contributed by atoms with Gasteiger partial charge >= 0.3 is 0 Å². The summed E-state index contributed by atoms with van der Waals surface area (Å²) < 4.78 is 5.08. The lowest BCUT2D eigenvalue weighted by Crippen LogP contribution is -2.42. The molecular formula is C18H19NO4. The molecule has 1 unspecified atom stereocenters. The molecule has 2 aromatic rings. The Morgan fingerprint density at radius 2 is 2.04 bits per heavy atom. The van der Waals surface area contributed by atoms with Crippen LogP contribution in [0, 0.1) is 0 Å². The molecule has 1 aromatic carbocycles. The molecule has 5 heteroatoms. The maximum atomic E-state index is 12.8. The molecule has 0 radical (unpaired) electrons. The van der Waals surface area contributed by atoms with Crippen molar-refractivity contribution in [2.24, 2.45) is 0 Å². The minimum atomic E-state index is -1.83. The molecule has 0 saturated heterocycles. The van der Waals surface area contributed by atoms with Gasteiger partial charge in [-0.05, 0) is 24.6 Å². The van der Waals surface area contributed by atoms with Gasteiger partial charge in [0.1, 0.15) is 0 Å². The van der Waals surface area contributed by atoms with Crippen LogP contribution in [0.5, 0.6) is 0 Å². The van der Waals surface area contributed by atoms with E-state index in [0.717, 1.165) is 12.8 Å². The number of hydrogen-bond acceptors (Lipinski definition) is 4. The fourth-order valence-electron chi connectivity index (χ4n) is 2.97. The summed E-state index contributed by atoms with van der Waals surface area (Å²) in [7, 11) is 0. The van der Waals surface area contributed by atoms with E-state index in [1.807, 2.05) is 13.0 Å². The Balaban J connectivity index is 1.94. The van der Waals surface area contributed by atoms with E-state index in [0.29, 0.717) is 17.8 Å². The number of Topliss-reactive ketones (excluding diaryl/α,β-unsaturated/α-hetero) is 1. The van der Waals surface area contributed by atoms with Crippen LogP contribution in [-0.4, -0.2) is 23.3 Å². The number of amides is 1. The molecule has 1 atom stereocenters. The topological polar surface area (TPSA) is 70.8 Å². The van der Waals surface area contributed by atoms with Crippen molar-refractivity contribution in [1.29, 1.82) is 0 Å². The molecule has 23 heavy (non-hydrogen) atoms. The lowest BCUT2D eigenvalue weighted by atomic mass is 9.89. The first-order valence-corrected chi connectivity index (χ1v) is 7.78. The molecular weight excluding hydrogens is 294 g/mol. The predicted molar refractivity (Wildman–Crippen MR) is 85.3 cm³/mol. The fraction of sp³-hybridized carbons (Fsp3) is 0.333. The second-order valence-electron chi connectivity index (χ2n) is 5.77. The molecule has 0 aliphatic carbocycles. The minimum Gasteiger partial charge on any atom is -0.461 e. The summed E-state index contributed by atoms with van der Waals surface area (Å²) in [5.74, 6) is -0.680. The number of benzene rings is 1. The molecule has 0 fully saturated rings. The molecule has 3 rings (SSSR count). The van der Waals surface area contributed by atoms with Crippen LogP contribution >= 0.6 is 0 Å². The first-order chi connectivity index (χ1) is 11.1. The van der Waals surface area contributed by atoms with Crippen molar-refractivity contribution in [1.82, 2.24) is 0 Å². The van der Waals surface area contributed by atoms with Crippen LogP contribution in [0.1, 0.15) is 42.3 Å². The Morgan fingerprint density at radius 1 is 1.26 bits per heavy atom. The third kappa shape index (κ3) is 2.57. The van der Waals surface area contributed by atoms with Crippen molar-refractivity contribution in [3.8, 4) is 0 Å². The highest BCUT2D eigenvalue weighted by Crippen LogP contribution is 2.42. The molecule has 1 aliphatic heterocycles. The SMILES string of the molecule is CCCCN1C(=O)C(O)(CC(=O)c2ccco2)c2ccccc21. The maximum absolute atomic E-state index is 12.8. The number of para-hydroxylation sites is 1. The first kappa shape index (κ1) is 15.5. The van der Waals surface area contributed by atoms with Crippen molar-refractivity contribution in [3.05, 3.63) is 54.0 Å². The van der Waals surface area contributed by atoms with Gasteiger partial charge in [0, 0.05) is 12.1 Å². The normalized spacial score (nSPS) is 19.9. The average molecular weight is 313 g/mol. The zero-order chi connectivity index (χ0) is 16.4. The average Bonchev–Trinajstić information content (AvgIpc) is 3.15. The lowest BCUT2D eigenvalue weighted by Gasteiger charge is -2.22. The molecule has 1 amide bonds.